The van der Waals surface area contributed by atoms with E-state index in [1.54, 1.807) is 17.0 Å². The molecule has 3 unspecified atom stereocenters. The molecular formula is C21H32N4O6. The predicted molar refractivity (Wildman–Crippen MR) is 113 cm³/mol. The Morgan fingerprint density at radius 1 is 1.00 bits per heavy atom. The summed E-state index contributed by atoms with van der Waals surface area (Å²) in [5, 5.41) is 21.1. The highest BCUT2D eigenvalue weighted by Gasteiger charge is 2.51. The zero-order valence-corrected chi connectivity index (χ0v) is 17.5. The van der Waals surface area contributed by atoms with Crippen LogP contribution in [0, 0.1) is 0 Å². The van der Waals surface area contributed by atoms with Crippen LogP contribution in [0.3, 0.4) is 0 Å². The van der Waals surface area contributed by atoms with Gasteiger partial charge in [-0.1, -0.05) is 12.1 Å². The third-order valence-electron chi connectivity index (χ3n) is 5.06. The lowest BCUT2D eigenvalue weighted by Gasteiger charge is -2.28. The minimum absolute atomic E-state index is 0.0940. The fourth-order valence-electron chi connectivity index (χ4n) is 3.27. The van der Waals surface area contributed by atoms with Crippen molar-refractivity contribution in [2.45, 2.75) is 50.4 Å². The molecular weight excluding hydrogens is 404 g/mol. The average molecular weight is 437 g/mol. The van der Waals surface area contributed by atoms with E-state index in [4.69, 9.17) is 21.3 Å². The van der Waals surface area contributed by atoms with Gasteiger partial charge in [-0.25, -0.2) is 4.79 Å². The van der Waals surface area contributed by atoms with Gasteiger partial charge in [0.15, 0.2) is 12.2 Å². The lowest BCUT2D eigenvalue weighted by molar-refractivity contribution is -0.138. The van der Waals surface area contributed by atoms with Crippen LogP contribution in [0.15, 0.2) is 24.3 Å². The standard InChI is InChI=1S/C21H32N4O6/c22-9-1-3-11-25(12-4-2-10-23)20(28)16(13-14-5-7-15(26)8-6-14)24-19(27)17-18(31-17)21(29)30/h5-8,16-18,26H,1-4,9-13,22-23H2,(H,24,27)(H,29,30). The first kappa shape index (κ1) is 24.6. The van der Waals surface area contributed by atoms with Gasteiger partial charge in [0.2, 0.25) is 5.91 Å². The number of unbranched alkanes of at least 4 members (excludes halogenated alkanes) is 2. The topological polar surface area (TPSA) is 172 Å². The molecule has 3 atom stereocenters. The summed E-state index contributed by atoms with van der Waals surface area (Å²) in [5.41, 5.74) is 11.9. The number of phenols is 1. The number of hydrogen-bond donors (Lipinski definition) is 5. The Labute approximate surface area is 181 Å². The molecule has 0 aliphatic carbocycles. The number of nitrogens with one attached hydrogen (secondary N) is 1. The van der Waals surface area contributed by atoms with E-state index in [2.05, 4.69) is 5.32 Å². The van der Waals surface area contributed by atoms with Crippen LogP contribution >= 0.6 is 0 Å². The number of aromatic hydroxyl groups is 1. The van der Waals surface area contributed by atoms with Gasteiger partial charge in [-0.05, 0) is 56.5 Å². The molecule has 172 valence electrons. The van der Waals surface area contributed by atoms with Crippen LogP contribution in [0.5, 0.6) is 5.75 Å². The van der Waals surface area contributed by atoms with Crippen molar-refractivity contribution in [1.29, 1.82) is 0 Å². The summed E-state index contributed by atoms with van der Waals surface area (Å²) in [6.07, 6.45) is 0.914. The molecule has 0 aromatic heterocycles. The normalized spacial score (nSPS) is 18.3. The maximum atomic E-state index is 13.3. The summed E-state index contributed by atoms with van der Waals surface area (Å²) < 4.78 is 4.91. The van der Waals surface area contributed by atoms with E-state index in [9.17, 15) is 19.5 Å². The summed E-state index contributed by atoms with van der Waals surface area (Å²) in [6.45, 7) is 2.04. The minimum atomic E-state index is -1.22. The maximum absolute atomic E-state index is 13.3. The number of carbonyl (C=O) groups is 3. The van der Waals surface area contributed by atoms with Gasteiger partial charge >= 0.3 is 5.97 Å². The average Bonchev–Trinajstić information content (AvgIpc) is 3.55. The Kier molecular flexibility index (Phi) is 9.70. The quantitative estimate of drug-likeness (QED) is 0.193. The Morgan fingerprint density at radius 2 is 1.58 bits per heavy atom. The lowest BCUT2D eigenvalue weighted by Crippen LogP contribution is -2.51. The molecule has 10 heteroatoms. The molecule has 10 nitrogen and oxygen atoms in total. The van der Waals surface area contributed by atoms with Gasteiger partial charge in [0.25, 0.3) is 5.91 Å². The van der Waals surface area contributed by atoms with Crippen LogP contribution in [0.2, 0.25) is 0 Å². The van der Waals surface area contributed by atoms with Crippen molar-refractivity contribution in [2.75, 3.05) is 26.2 Å². The smallest absolute Gasteiger partial charge is 0.336 e. The molecule has 1 aliphatic heterocycles. The van der Waals surface area contributed by atoms with E-state index in [-0.39, 0.29) is 18.1 Å². The molecule has 1 aliphatic rings. The zero-order chi connectivity index (χ0) is 22.8. The second kappa shape index (κ2) is 12.2. The maximum Gasteiger partial charge on any atom is 0.336 e. The Morgan fingerprint density at radius 3 is 2.06 bits per heavy atom. The number of amides is 2. The predicted octanol–water partition coefficient (Wildman–Crippen LogP) is -0.422. The van der Waals surface area contributed by atoms with Crippen LogP contribution in [0.25, 0.3) is 0 Å². The van der Waals surface area contributed by atoms with Gasteiger partial charge in [0.05, 0.1) is 0 Å². The molecule has 1 fully saturated rings. The summed E-state index contributed by atoms with van der Waals surface area (Å²) >= 11 is 0. The number of carboxylic acids is 1. The molecule has 0 radical (unpaired) electrons. The van der Waals surface area contributed by atoms with Gasteiger partial charge in [-0.3, -0.25) is 9.59 Å². The highest BCUT2D eigenvalue weighted by molar-refractivity contribution is 5.95. The Bertz CT molecular complexity index is 732. The lowest BCUT2D eigenvalue weighted by atomic mass is 10.0. The van der Waals surface area contributed by atoms with Crippen molar-refractivity contribution in [3.63, 3.8) is 0 Å². The van der Waals surface area contributed by atoms with Gasteiger partial charge in [0.1, 0.15) is 11.8 Å². The number of rotatable bonds is 14. The number of carboxylic acid groups (broad SMARTS) is 1. The number of carbonyl (C=O) groups excluding carboxylic acids is 2. The van der Waals surface area contributed by atoms with Crippen molar-refractivity contribution >= 4 is 17.8 Å². The highest BCUT2D eigenvalue weighted by Crippen LogP contribution is 2.23. The van der Waals surface area contributed by atoms with Crippen molar-refractivity contribution < 1.29 is 29.3 Å². The molecule has 1 heterocycles. The van der Waals surface area contributed by atoms with Gasteiger partial charge in [-0.2, -0.15) is 0 Å². The molecule has 7 N–H and O–H groups in total. The molecule has 0 saturated carbocycles. The van der Waals surface area contributed by atoms with Gasteiger partial charge in [-0.15, -0.1) is 0 Å². The van der Waals surface area contributed by atoms with E-state index < -0.39 is 30.1 Å². The molecule has 0 bridgehead atoms. The van der Waals surface area contributed by atoms with E-state index in [0.29, 0.717) is 26.2 Å². The molecule has 1 saturated heterocycles. The van der Waals surface area contributed by atoms with Crippen LogP contribution in [0.4, 0.5) is 0 Å². The van der Waals surface area contributed by atoms with Crippen molar-refractivity contribution in [1.82, 2.24) is 10.2 Å². The highest BCUT2D eigenvalue weighted by atomic mass is 16.6. The molecule has 1 aromatic carbocycles. The van der Waals surface area contributed by atoms with E-state index in [1.807, 2.05) is 0 Å². The van der Waals surface area contributed by atoms with Crippen LogP contribution in [-0.2, 0) is 25.5 Å². The second-order valence-electron chi connectivity index (χ2n) is 7.56. The summed E-state index contributed by atoms with van der Waals surface area (Å²) in [4.78, 5) is 38.5. The Hall–Kier alpha value is -2.69. The van der Waals surface area contributed by atoms with Crippen LogP contribution < -0.4 is 16.8 Å². The summed E-state index contributed by atoms with van der Waals surface area (Å²) in [6, 6.07) is 5.45. The monoisotopic (exact) mass is 436 g/mol. The summed E-state index contributed by atoms with van der Waals surface area (Å²) in [5.74, 6) is -2.01. The number of ether oxygens (including phenoxy) is 1. The number of nitrogens with two attached hydrogens (primary N) is 2. The fourth-order valence-corrected chi connectivity index (χ4v) is 3.27. The largest absolute Gasteiger partial charge is 0.508 e. The molecule has 2 rings (SSSR count). The van der Waals surface area contributed by atoms with Crippen molar-refractivity contribution in [3.8, 4) is 5.75 Å². The molecule has 2 amide bonds. The number of epoxide rings is 1. The molecule has 0 spiro atoms. The number of benzene rings is 1. The first-order valence-electron chi connectivity index (χ1n) is 10.5. The van der Waals surface area contributed by atoms with Crippen LogP contribution in [0.1, 0.15) is 31.2 Å². The molecule has 1 aromatic rings. The number of nitrogens with zero attached hydrogens (tertiary/aromatic N) is 1. The zero-order valence-electron chi connectivity index (χ0n) is 17.5. The van der Waals surface area contributed by atoms with E-state index >= 15 is 0 Å². The van der Waals surface area contributed by atoms with Gasteiger partial charge < -0.3 is 36.6 Å². The third-order valence-corrected chi connectivity index (χ3v) is 5.06. The van der Waals surface area contributed by atoms with Gasteiger partial charge in [0, 0.05) is 19.5 Å². The molecule has 31 heavy (non-hydrogen) atoms. The fraction of sp³-hybridized carbons (Fsp3) is 0.571. The summed E-state index contributed by atoms with van der Waals surface area (Å²) in [7, 11) is 0. The number of phenolic OH excluding ortho intramolecular Hbond substituents is 1. The van der Waals surface area contributed by atoms with E-state index in [0.717, 1.165) is 31.2 Å². The number of hydrogen-bond acceptors (Lipinski definition) is 7. The van der Waals surface area contributed by atoms with Crippen molar-refractivity contribution in [2.24, 2.45) is 11.5 Å². The SMILES string of the molecule is NCCCCN(CCCCN)C(=O)C(Cc1ccc(O)cc1)NC(=O)C1OC1C(=O)O. The minimum Gasteiger partial charge on any atom is -0.508 e. The third kappa shape index (κ3) is 7.82. The first-order valence-corrected chi connectivity index (χ1v) is 10.5. The second-order valence-corrected chi connectivity index (χ2v) is 7.56. The Balaban J connectivity index is 2.13. The number of aliphatic carboxylic acids is 1. The van der Waals surface area contributed by atoms with Crippen molar-refractivity contribution in [3.05, 3.63) is 29.8 Å². The first-order chi connectivity index (χ1) is 14.9. The van der Waals surface area contributed by atoms with E-state index in [1.165, 1.54) is 12.1 Å². The van der Waals surface area contributed by atoms with Crippen LogP contribution in [-0.4, -0.2) is 77.3 Å².